The molecule has 0 aromatic rings. The SMILES string of the molecule is COCC1OC(CO)C(COCC2OC(COC3OC(COCC(O)C[N+](C)(C)C)C(C)C(O)C3O)C(COC)C(O)C2O)C(O)C1O. The molecule has 0 saturated carbocycles. The molecule has 0 amide bonds. The first-order chi connectivity index (χ1) is 22.6. The van der Waals surface area contributed by atoms with Gasteiger partial charge < -0.3 is 83.2 Å². The van der Waals surface area contributed by atoms with Crippen molar-refractivity contribution in [2.75, 3.05) is 94.8 Å². The Morgan fingerprint density at radius 2 is 1.17 bits per heavy atom. The van der Waals surface area contributed by atoms with Crippen LogP contribution in [0, 0.1) is 17.8 Å². The molecule has 0 bridgehead atoms. The predicted molar refractivity (Wildman–Crippen MR) is 166 cm³/mol. The Hall–Kier alpha value is -0.680. The number of quaternary nitrogens is 1. The molecule has 0 radical (unpaired) electrons. The zero-order valence-electron chi connectivity index (χ0n) is 28.9. The van der Waals surface area contributed by atoms with Crippen molar-refractivity contribution in [3.05, 3.63) is 0 Å². The number of hydrogen-bond acceptors (Lipinski definition) is 16. The Balaban J connectivity index is 1.59. The van der Waals surface area contributed by atoms with Gasteiger partial charge in [-0.15, -0.1) is 0 Å². The van der Waals surface area contributed by atoms with Crippen molar-refractivity contribution in [1.82, 2.24) is 0 Å². The van der Waals surface area contributed by atoms with Gasteiger partial charge in [-0.05, 0) is 0 Å². The summed E-state index contributed by atoms with van der Waals surface area (Å²) in [6, 6.07) is 0. The molecule has 0 aliphatic carbocycles. The van der Waals surface area contributed by atoms with Crippen LogP contribution >= 0.6 is 0 Å². The van der Waals surface area contributed by atoms with Crippen LogP contribution in [-0.4, -0.2) is 220 Å². The number of methoxy groups -OCH3 is 2. The highest BCUT2D eigenvalue weighted by atomic mass is 16.7. The molecule has 284 valence electrons. The van der Waals surface area contributed by atoms with Gasteiger partial charge in [0.1, 0.15) is 43.2 Å². The van der Waals surface area contributed by atoms with Crippen molar-refractivity contribution in [2.45, 2.75) is 86.5 Å². The largest absolute Gasteiger partial charge is 0.394 e. The lowest BCUT2D eigenvalue weighted by Gasteiger charge is -2.45. The maximum Gasteiger partial charge on any atom is 0.186 e. The fraction of sp³-hybridized carbons (Fsp3) is 1.00. The lowest BCUT2D eigenvalue weighted by atomic mass is 9.87. The molecule has 0 aromatic carbocycles. The predicted octanol–water partition coefficient (Wildman–Crippen LogP) is -4.32. The van der Waals surface area contributed by atoms with E-state index in [4.69, 9.17) is 37.9 Å². The topological polar surface area (TPSA) is 236 Å². The summed E-state index contributed by atoms with van der Waals surface area (Å²) >= 11 is 0. The number of nitrogens with zero attached hydrogens (tertiary/aromatic N) is 1. The van der Waals surface area contributed by atoms with Crippen molar-refractivity contribution in [1.29, 1.82) is 0 Å². The summed E-state index contributed by atoms with van der Waals surface area (Å²) in [5.41, 5.74) is 0. The molecular formula is C31H60NO16+. The van der Waals surface area contributed by atoms with Crippen LogP contribution in [-0.2, 0) is 37.9 Å². The van der Waals surface area contributed by atoms with Crippen LogP contribution in [0.15, 0.2) is 0 Å². The van der Waals surface area contributed by atoms with Crippen molar-refractivity contribution >= 4 is 0 Å². The van der Waals surface area contributed by atoms with E-state index in [1.807, 2.05) is 21.1 Å². The number of ether oxygens (including phenoxy) is 8. The molecule has 0 aromatic heterocycles. The first-order valence-corrected chi connectivity index (χ1v) is 16.5. The average molecular weight is 703 g/mol. The molecule has 17 nitrogen and oxygen atoms in total. The second kappa shape index (κ2) is 19.2. The average Bonchev–Trinajstić information content (AvgIpc) is 3.02. The van der Waals surface area contributed by atoms with Gasteiger partial charge in [-0.2, -0.15) is 0 Å². The van der Waals surface area contributed by atoms with Crippen molar-refractivity contribution < 1.29 is 83.2 Å². The summed E-state index contributed by atoms with van der Waals surface area (Å²) in [6.45, 7) is 1.26. The van der Waals surface area contributed by atoms with E-state index < -0.39 is 104 Å². The summed E-state index contributed by atoms with van der Waals surface area (Å²) in [4.78, 5) is 0. The molecule has 16 atom stereocenters. The highest BCUT2D eigenvalue weighted by Crippen LogP contribution is 2.32. The van der Waals surface area contributed by atoms with Gasteiger partial charge in [-0.25, -0.2) is 0 Å². The van der Waals surface area contributed by atoms with Gasteiger partial charge in [-0.1, -0.05) is 6.92 Å². The summed E-state index contributed by atoms with van der Waals surface area (Å²) in [5, 5.41) is 84.6. The van der Waals surface area contributed by atoms with Crippen LogP contribution in [0.5, 0.6) is 0 Å². The highest BCUT2D eigenvalue weighted by Gasteiger charge is 2.48. The van der Waals surface area contributed by atoms with Gasteiger partial charge in [0.15, 0.2) is 6.29 Å². The number of rotatable bonds is 18. The lowest BCUT2D eigenvalue weighted by molar-refractivity contribution is -0.873. The van der Waals surface area contributed by atoms with Crippen LogP contribution in [0.2, 0.25) is 0 Å². The number of aliphatic hydroxyl groups excluding tert-OH is 8. The molecule has 3 aliphatic rings. The van der Waals surface area contributed by atoms with Gasteiger partial charge in [0.25, 0.3) is 0 Å². The van der Waals surface area contributed by atoms with Gasteiger partial charge in [0, 0.05) is 32.0 Å². The molecule has 3 heterocycles. The fourth-order valence-corrected chi connectivity index (χ4v) is 6.50. The van der Waals surface area contributed by atoms with E-state index >= 15 is 0 Å². The molecule has 48 heavy (non-hydrogen) atoms. The fourth-order valence-electron chi connectivity index (χ4n) is 6.50. The first kappa shape index (κ1) is 41.7. The first-order valence-electron chi connectivity index (χ1n) is 16.5. The van der Waals surface area contributed by atoms with E-state index in [0.29, 0.717) is 11.0 Å². The zero-order valence-corrected chi connectivity index (χ0v) is 28.9. The van der Waals surface area contributed by atoms with Crippen molar-refractivity contribution in [2.24, 2.45) is 17.8 Å². The Labute approximate surface area is 282 Å². The molecule has 8 N–H and O–H groups in total. The standard InChI is InChI=1S/C31H60NO16/c1-16-21(13-43-9-17(34)7-32(2,3)4)48-31(30(40)25(16)35)45-15-22-18(10-41-5)26(36)29(39)24(47-22)14-44-11-19-20(8-33)46-23(12-42-6)28(38)27(19)37/h16-31,33-40H,7-15H2,1-6H3/q+1. The molecule has 3 fully saturated rings. The number of aliphatic hydroxyl groups is 8. The van der Waals surface area contributed by atoms with Gasteiger partial charge in [0.2, 0.25) is 0 Å². The minimum Gasteiger partial charge on any atom is -0.394 e. The minimum atomic E-state index is -1.40. The monoisotopic (exact) mass is 702 g/mol. The van der Waals surface area contributed by atoms with E-state index in [2.05, 4.69) is 0 Å². The van der Waals surface area contributed by atoms with E-state index in [9.17, 15) is 40.9 Å². The number of hydrogen-bond donors (Lipinski definition) is 8. The van der Waals surface area contributed by atoms with Crippen LogP contribution in [0.1, 0.15) is 6.92 Å². The molecule has 3 rings (SSSR count). The Kier molecular flexibility index (Phi) is 16.7. The second-order valence-corrected chi connectivity index (χ2v) is 14.2. The molecule has 16 unspecified atom stereocenters. The van der Waals surface area contributed by atoms with E-state index in [0.717, 1.165) is 0 Å². The Bertz CT molecular complexity index is 912. The maximum absolute atomic E-state index is 11.0. The number of likely N-dealkylation sites (N-methyl/N-ethyl adjacent to an activating group) is 1. The van der Waals surface area contributed by atoms with E-state index in [1.165, 1.54) is 14.2 Å². The summed E-state index contributed by atoms with van der Waals surface area (Å²) < 4.78 is 45.9. The minimum absolute atomic E-state index is 0.00392. The second-order valence-electron chi connectivity index (χ2n) is 14.2. The third kappa shape index (κ3) is 11.2. The Morgan fingerprint density at radius 1 is 0.604 bits per heavy atom. The molecule has 3 saturated heterocycles. The van der Waals surface area contributed by atoms with Crippen LogP contribution in [0.3, 0.4) is 0 Å². The van der Waals surface area contributed by atoms with Gasteiger partial charge >= 0.3 is 0 Å². The van der Waals surface area contributed by atoms with Gasteiger partial charge in [0.05, 0.1) is 111 Å². The van der Waals surface area contributed by atoms with Crippen LogP contribution < -0.4 is 0 Å². The van der Waals surface area contributed by atoms with E-state index in [-0.39, 0.29) is 46.2 Å². The summed E-state index contributed by atoms with van der Waals surface area (Å²) in [5.74, 6) is -2.06. The van der Waals surface area contributed by atoms with Crippen LogP contribution in [0.4, 0.5) is 0 Å². The molecular weight excluding hydrogens is 642 g/mol. The smallest absolute Gasteiger partial charge is 0.186 e. The molecule has 17 heteroatoms. The summed E-state index contributed by atoms with van der Waals surface area (Å²) in [6.07, 6.45) is -14.1. The maximum atomic E-state index is 11.0. The van der Waals surface area contributed by atoms with Crippen molar-refractivity contribution in [3.63, 3.8) is 0 Å². The highest BCUT2D eigenvalue weighted by molar-refractivity contribution is 4.94. The zero-order chi connectivity index (χ0) is 35.8. The van der Waals surface area contributed by atoms with Gasteiger partial charge in [-0.3, -0.25) is 0 Å². The normalized spacial score (nSPS) is 41.8. The quantitative estimate of drug-likeness (QED) is 0.0631. The van der Waals surface area contributed by atoms with E-state index in [1.54, 1.807) is 6.92 Å². The summed E-state index contributed by atoms with van der Waals surface area (Å²) in [7, 11) is 8.71. The lowest BCUT2D eigenvalue weighted by Crippen LogP contribution is -2.60. The molecule has 3 aliphatic heterocycles. The van der Waals surface area contributed by atoms with Crippen molar-refractivity contribution in [3.8, 4) is 0 Å². The Morgan fingerprint density at radius 3 is 1.75 bits per heavy atom. The third-order valence-corrected chi connectivity index (χ3v) is 9.29. The third-order valence-electron chi connectivity index (χ3n) is 9.29. The molecule has 0 spiro atoms. The van der Waals surface area contributed by atoms with Crippen LogP contribution in [0.25, 0.3) is 0 Å².